The van der Waals surface area contributed by atoms with Crippen LogP contribution in [0.5, 0.6) is 0 Å². The molecule has 0 aliphatic carbocycles. The van der Waals surface area contributed by atoms with Gasteiger partial charge in [0, 0.05) is 19.1 Å². The lowest BCUT2D eigenvalue weighted by atomic mass is 10.3. The highest BCUT2D eigenvalue weighted by Crippen LogP contribution is 2.29. The van der Waals surface area contributed by atoms with Crippen molar-refractivity contribution in [3.8, 4) is 0 Å². The fraction of sp³-hybridized carbons (Fsp3) is 0.643. The lowest BCUT2D eigenvalue weighted by molar-refractivity contribution is 0.327. The standard InChI is InChI=1S/C14H22Cl2N4/c1-3-17-13-11(15)8-12(16)14(19-13)18-10(2)9-20-6-4-5-7-20/h8,10H,3-7,9H2,1-2H3,(H2,17,18,19). The summed E-state index contributed by atoms with van der Waals surface area (Å²) < 4.78 is 0. The zero-order valence-electron chi connectivity index (χ0n) is 12.0. The number of pyridine rings is 1. The summed E-state index contributed by atoms with van der Waals surface area (Å²) in [6, 6.07) is 2.03. The van der Waals surface area contributed by atoms with E-state index < -0.39 is 0 Å². The first kappa shape index (κ1) is 15.7. The van der Waals surface area contributed by atoms with Crippen molar-refractivity contribution in [2.45, 2.75) is 32.7 Å². The molecule has 4 nitrogen and oxygen atoms in total. The molecule has 1 unspecified atom stereocenters. The minimum absolute atomic E-state index is 0.300. The van der Waals surface area contributed by atoms with Crippen LogP contribution in [0, 0.1) is 0 Å². The molecule has 1 aromatic rings. The maximum atomic E-state index is 6.21. The Kier molecular flexibility index (Phi) is 5.75. The number of hydrogen-bond acceptors (Lipinski definition) is 4. The molecular formula is C14H22Cl2N4. The van der Waals surface area contributed by atoms with Crippen molar-refractivity contribution in [2.75, 3.05) is 36.8 Å². The van der Waals surface area contributed by atoms with E-state index in [9.17, 15) is 0 Å². The van der Waals surface area contributed by atoms with Gasteiger partial charge in [0.25, 0.3) is 0 Å². The van der Waals surface area contributed by atoms with Crippen LogP contribution < -0.4 is 10.6 Å². The predicted molar refractivity (Wildman–Crippen MR) is 87.2 cm³/mol. The molecule has 0 aromatic carbocycles. The molecule has 20 heavy (non-hydrogen) atoms. The largest absolute Gasteiger partial charge is 0.369 e. The Morgan fingerprint density at radius 3 is 2.55 bits per heavy atom. The van der Waals surface area contributed by atoms with Crippen LogP contribution in [0.1, 0.15) is 26.7 Å². The number of rotatable bonds is 6. The quantitative estimate of drug-likeness (QED) is 0.839. The van der Waals surface area contributed by atoms with Crippen molar-refractivity contribution < 1.29 is 0 Å². The number of nitrogens with zero attached hydrogens (tertiary/aromatic N) is 2. The Labute approximate surface area is 130 Å². The van der Waals surface area contributed by atoms with Crippen molar-refractivity contribution >= 4 is 34.8 Å². The van der Waals surface area contributed by atoms with Gasteiger partial charge in [-0.2, -0.15) is 0 Å². The van der Waals surface area contributed by atoms with E-state index in [4.69, 9.17) is 23.2 Å². The van der Waals surface area contributed by atoms with Gasteiger partial charge < -0.3 is 15.5 Å². The molecule has 1 aliphatic rings. The van der Waals surface area contributed by atoms with Gasteiger partial charge in [0.2, 0.25) is 0 Å². The number of aromatic nitrogens is 1. The molecule has 112 valence electrons. The van der Waals surface area contributed by atoms with E-state index in [1.54, 1.807) is 6.07 Å². The maximum absolute atomic E-state index is 6.21. The summed E-state index contributed by atoms with van der Waals surface area (Å²) in [5, 5.41) is 7.63. The van der Waals surface area contributed by atoms with Gasteiger partial charge in [-0.15, -0.1) is 0 Å². The average Bonchev–Trinajstić information content (AvgIpc) is 2.88. The Morgan fingerprint density at radius 1 is 1.25 bits per heavy atom. The Morgan fingerprint density at radius 2 is 1.90 bits per heavy atom. The topological polar surface area (TPSA) is 40.2 Å². The Balaban J connectivity index is 2.01. The van der Waals surface area contributed by atoms with Crippen LogP contribution >= 0.6 is 23.2 Å². The normalized spacial score (nSPS) is 17.2. The summed E-state index contributed by atoms with van der Waals surface area (Å²) >= 11 is 12.3. The van der Waals surface area contributed by atoms with Gasteiger partial charge in [-0.3, -0.25) is 0 Å². The Hall–Kier alpha value is -0.710. The first-order valence-electron chi connectivity index (χ1n) is 7.19. The van der Waals surface area contributed by atoms with Crippen LogP contribution in [0.15, 0.2) is 6.07 Å². The highest BCUT2D eigenvalue weighted by molar-refractivity contribution is 6.37. The second-order valence-corrected chi connectivity index (χ2v) is 6.05. The Bertz CT molecular complexity index is 447. The second-order valence-electron chi connectivity index (χ2n) is 5.23. The van der Waals surface area contributed by atoms with E-state index in [2.05, 4.69) is 27.4 Å². The van der Waals surface area contributed by atoms with Crippen LogP contribution in [0.25, 0.3) is 0 Å². The molecule has 2 N–H and O–H groups in total. The molecule has 0 bridgehead atoms. The van der Waals surface area contributed by atoms with Crippen molar-refractivity contribution in [1.82, 2.24) is 9.88 Å². The second kappa shape index (κ2) is 7.34. The van der Waals surface area contributed by atoms with Gasteiger partial charge in [-0.05, 0) is 45.8 Å². The van der Waals surface area contributed by atoms with Gasteiger partial charge in [-0.25, -0.2) is 4.98 Å². The van der Waals surface area contributed by atoms with Gasteiger partial charge in [0.1, 0.15) is 11.6 Å². The predicted octanol–water partition coefficient (Wildman–Crippen LogP) is 3.72. The number of likely N-dealkylation sites (tertiary alicyclic amines) is 1. The summed E-state index contributed by atoms with van der Waals surface area (Å²) in [5.74, 6) is 1.37. The van der Waals surface area contributed by atoms with Gasteiger partial charge in [0.15, 0.2) is 0 Å². The van der Waals surface area contributed by atoms with Crippen LogP contribution in [0.3, 0.4) is 0 Å². The zero-order chi connectivity index (χ0) is 14.5. The number of hydrogen-bond donors (Lipinski definition) is 2. The molecule has 0 saturated carbocycles. The fourth-order valence-corrected chi connectivity index (χ4v) is 2.97. The molecule has 1 aliphatic heterocycles. The first-order chi connectivity index (χ1) is 9.60. The van der Waals surface area contributed by atoms with Gasteiger partial charge in [-0.1, -0.05) is 23.2 Å². The van der Waals surface area contributed by atoms with Crippen molar-refractivity contribution in [2.24, 2.45) is 0 Å². The van der Waals surface area contributed by atoms with Gasteiger partial charge >= 0.3 is 0 Å². The summed E-state index contributed by atoms with van der Waals surface area (Å²) in [7, 11) is 0. The third kappa shape index (κ3) is 4.14. The molecule has 0 amide bonds. The number of halogens is 2. The van der Waals surface area contributed by atoms with E-state index in [1.165, 1.54) is 25.9 Å². The van der Waals surface area contributed by atoms with Crippen molar-refractivity contribution in [3.63, 3.8) is 0 Å². The maximum Gasteiger partial charge on any atom is 0.147 e. The van der Waals surface area contributed by atoms with E-state index in [1.807, 2.05) is 6.92 Å². The molecule has 0 spiro atoms. The first-order valence-corrected chi connectivity index (χ1v) is 7.94. The molecule has 2 heterocycles. The minimum atomic E-state index is 0.300. The summed E-state index contributed by atoms with van der Waals surface area (Å²) in [6.07, 6.45) is 2.61. The SMILES string of the molecule is CCNc1nc(NC(C)CN2CCCC2)c(Cl)cc1Cl. The summed E-state index contributed by atoms with van der Waals surface area (Å²) in [6.45, 7) is 8.33. The van der Waals surface area contributed by atoms with Crippen molar-refractivity contribution in [3.05, 3.63) is 16.1 Å². The summed E-state index contributed by atoms with van der Waals surface area (Å²) in [5.41, 5.74) is 0. The lowest BCUT2D eigenvalue weighted by Gasteiger charge is -2.22. The third-order valence-corrected chi connectivity index (χ3v) is 3.96. The molecule has 1 fully saturated rings. The molecular weight excluding hydrogens is 295 g/mol. The number of nitrogens with one attached hydrogen (secondary N) is 2. The zero-order valence-corrected chi connectivity index (χ0v) is 13.6. The molecule has 1 aromatic heterocycles. The average molecular weight is 317 g/mol. The molecule has 1 atom stereocenters. The third-order valence-electron chi connectivity index (χ3n) is 3.39. The van der Waals surface area contributed by atoms with Crippen LogP contribution in [0.2, 0.25) is 10.0 Å². The smallest absolute Gasteiger partial charge is 0.147 e. The van der Waals surface area contributed by atoms with Gasteiger partial charge in [0.05, 0.1) is 10.0 Å². The number of anilines is 2. The van der Waals surface area contributed by atoms with E-state index in [-0.39, 0.29) is 0 Å². The van der Waals surface area contributed by atoms with Crippen LogP contribution in [-0.4, -0.2) is 42.1 Å². The molecule has 2 rings (SSSR count). The van der Waals surface area contributed by atoms with Crippen LogP contribution in [-0.2, 0) is 0 Å². The van der Waals surface area contributed by atoms with Crippen molar-refractivity contribution in [1.29, 1.82) is 0 Å². The van der Waals surface area contributed by atoms with E-state index >= 15 is 0 Å². The highest BCUT2D eigenvalue weighted by atomic mass is 35.5. The monoisotopic (exact) mass is 316 g/mol. The molecule has 6 heteroatoms. The lowest BCUT2D eigenvalue weighted by Crippen LogP contribution is -2.33. The van der Waals surface area contributed by atoms with Crippen LogP contribution in [0.4, 0.5) is 11.6 Å². The minimum Gasteiger partial charge on any atom is -0.369 e. The fourth-order valence-electron chi connectivity index (χ4n) is 2.49. The highest BCUT2D eigenvalue weighted by Gasteiger charge is 2.16. The van der Waals surface area contributed by atoms with E-state index in [0.717, 1.165) is 13.1 Å². The molecule has 0 radical (unpaired) electrons. The molecule has 1 saturated heterocycles. The van der Waals surface area contributed by atoms with E-state index in [0.29, 0.717) is 27.7 Å². The summed E-state index contributed by atoms with van der Waals surface area (Å²) in [4.78, 5) is 6.94.